The van der Waals surface area contributed by atoms with Gasteiger partial charge in [-0.1, -0.05) is 29.8 Å². The van der Waals surface area contributed by atoms with Crippen molar-refractivity contribution in [3.63, 3.8) is 0 Å². The van der Waals surface area contributed by atoms with E-state index in [0.717, 1.165) is 24.7 Å². The molecular formula is C20H24O4. The van der Waals surface area contributed by atoms with Crippen LogP contribution in [0.3, 0.4) is 0 Å². The number of ether oxygens (including phenoxy) is 4. The number of aryl methyl sites for hydroxylation is 2. The summed E-state index contributed by atoms with van der Waals surface area (Å²) in [4.78, 5) is 0. The Kier molecular flexibility index (Phi) is 5.72. The lowest BCUT2D eigenvalue weighted by Crippen LogP contribution is -2.03. The van der Waals surface area contributed by atoms with Crippen molar-refractivity contribution in [1.29, 1.82) is 0 Å². The van der Waals surface area contributed by atoms with Gasteiger partial charge in [-0.2, -0.15) is 0 Å². The maximum atomic E-state index is 5.49. The molecule has 0 amide bonds. The smallest absolute Gasteiger partial charge is 0.119 e. The van der Waals surface area contributed by atoms with Crippen molar-refractivity contribution in [1.82, 2.24) is 0 Å². The number of hydrogen-bond donors (Lipinski definition) is 0. The Labute approximate surface area is 143 Å². The van der Waals surface area contributed by atoms with Gasteiger partial charge < -0.3 is 18.9 Å². The van der Waals surface area contributed by atoms with Crippen LogP contribution in [0.25, 0.3) is 0 Å². The minimum Gasteiger partial charge on any atom is -0.491 e. The van der Waals surface area contributed by atoms with Crippen LogP contribution in [-0.2, 0) is 9.47 Å². The Hall–Kier alpha value is -2.04. The fourth-order valence-corrected chi connectivity index (χ4v) is 2.05. The van der Waals surface area contributed by atoms with E-state index in [9.17, 15) is 0 Å². The Morgan fingerprint density at radius 1 is 0.792 bits per heavy atom. The molecule has 2 heterocycles. The van der Waals surface area contributed by atoms with Gasteiger partial charge in [0.05, 0.1) is 13.2 Å². The molecule has 2 aliphatic rings. The van der Waals surface area contributed by atoms with Gasteiger partial charge >= 0.3 is 0 Å². The van der Waals surface area contributed by atoms with Crippen molar-refractivity contribution >= 4 is 0 Å². The van der Waals surface area contributed by atoms with Gasteiger partial charge in [0, 0.05) is 0 Å². The summed E-state index contributed by atoms with van der Waals surface area (Å²) >= 11 is 0. The predicted octanol–water partition coefficient (Wildman–Crippen LogP) is 3.55. The molecule has 0 bridgehead atoms. The van der Waals surface area contributed by atoms with E-state index in [1.54, 1.807) is 0 Å². The molecule has 0 aliphatic carbocycles. The highest BCUT2D eigenvalue weighted by molar-refractivity contribution is 5.27. The molecule has 0 spiro atoms. The van der Waals surface area contributed by atoms with Gasteiger partial charge in [0.25, 0.3) is 0 Å². The molecule has 4 nitrogen and oxygen atoms in total. The first-order chi connectivity index (χ1) is 11.7. The SMILES string of the molecule is Cc1ccc(OCC2CO2)cc1.Cc1cccc(OCC2CO2)c1. The maximum Gasteiger partial charge on any atom is 0.119 e. The number of epoxide rings is 2. The zero-order valence-corrected chi connectivity index (χ0v) is 14.2. The second kappa shape index (κ2) is 8.18. The molecule has 4 heteroatoms. The van der Waals surface area contributed by atoms with E-state index in [1.807, 2.05) is 42.5 Å². The number of benzene rings is 2. The Morgan fingerprint density at radius 3 is 1.92 bits per heavy atom. The van der Waals surface area contributed by atoms with E-state index in [4.69, 9.17) is 18.9 Å². The number of rotatable bonds is 6. The van der Waals surface area contributed by atoms with E-state index in [0.29, 0.717) is 25.4 Å². The van der Waals surface area contributed by atoms with Crippen LogP contribution in [0.2, 0.25) is 0 Å². The van der Waals surface area contributed by atoms with Crippen molar-refractivity contribution in [2.24, 2.45) is 0 Å². The minimum atomic E-state index is 0.338. The van der Waals surface area contributed by atoms with Gasteiger partial charge in [0.2, 0.25) is 0 Å². The third-order valence-corrected chi connectivity index (χ3v) is 3.69. The largest absolute Gasteiger partial charge is 0.491 e. The second-order valence-electron chi connectivity index (χ2n) is 6.16. The zero-order chi connectivity index (χ0) is 16.8. The molecular weight excluding hydrogens is 304 g/mol. The standard InChI is InChI=1S/2C10H12O2/c1-8-2-4-9(5-3-8)11-6-10-7-12-10;1-8-3-2-4-9(5-8)11-6-10-7-12-10/h2*2-5,10H,6-7H2,1H3. The van der Waals surface area contributed by atoms with Crippen molar-refractivity contribution in [2.45, 2.75) is 26.1 Å². The van der Waals surface area contributed by atoms with Gasteiger partial charge in [-0.15, -0.1) is 0 Å². The molecule has 0 saturated carbocycles. The normalized spacial score (nSPS) is 20.6. The summed E-state index contributed by atoms with van der Waals surface area (Å²) in [5.41, 5.74) is 2.48. The van der Waals surface area contributed by atoms with Crippen LogP contribution in [0.4, 0.5) is 0 Å². The lowest BCUT2D eigenvalue weighted by molar-refractivity contribution is 0.263. The summed E-state index contributed by atoms with van der Waals surface area (Å²) in [6.45, 7) is 7.19. The van der Waals surface area contributed by atoms with Crippen molar-refractivity contribution in [3.05, 3.63) is 59.7 Å². The fourth-order valence-electron chi connectivity index (χ4n) is 2.05. The van der Waals surface area contributed by atoms with Crippen LogP contribution >= 0.6 is 0 Å². The second-order valence-corrected chi connectivity index (χ2v) is 6.16. The molecule has 2 fully saturated rings. The average molecular weight is 328 g/mol. The summed E-state index contributed by atoms with van der Waals surface area (Å²) in [7, 11) is 0. The molecule has 0 radical (unpaired) electrons. The average Bonchev–Trinajstić information content (AvgIpc) is 3.48. The van der Waals surface area contributed by atoms with Crippen molar-refractivity contribution < 1.29 is 18.9 Å². The van der Waals surface area contributed by atoms with Gasteiger partial charge in [-0.05, 0) is 43.7 Å². The summed E-state index contributed by atoms with van der Waals surface area (Å²) < 4.78 is 21.0. The third kappa shape index (κ3) is 6.22. The highest BCUT2D eigenvalue weighted by atomic mass is 16.6. The van der Waals surface area contributed by atoms with Gasteiger partial charge in [0.1, 0.15) is 36.9 Å². The van der Waals surface area contributed by atoms with Crippen molar-refractivity contribution in [3.8, 4) is 11.5 Å². The van der Waals surface area contributed by atoms with E-state index in [1.165, 1.54) is 11.1 Å². The van der Waals surface area contributed by atoms with Gasteiger partial charge in [0.15, 0.2) is 0 Å². The molecule has 0 aromatic heterocycles. The van der Waals surface area contributed by atoms with E-state index in [-0.39, 0.29) is 0 Å². The van der Waals surface area contributed by atoms with Crippen LogP contribution in [0.1, 0.15) is 11.1 Å². The highest BCUT2D eigenvalue weighted by Crippen LogP contribution is 2.16. The fraction of sp³-hybridized carbons (Fsp3) is 0.400. The molecule has 2 atom stereocenters. The van der Waals surface area contributed by atoms with Crippen LogP contribution < -0.4 is 9.47 Å². The van der Waals surface area contributed by atoms with Crippen LogP contribution in [0.5, 0.6) is 11.5 Å². The minimum absolute atomic E-state index is 0.338. The molecule has 2 unspecified atom stereocenters. The first kappa shape index (κ1) is 16.8. The first-order valence-electron chi connectivity index (χ1n) is 8.31. The molecule has 128 valence electrons. The molecule has 2 saturated heterocycles. The van der Waals surface area contributed by atoms with Crippen LogP contribution in [0, 0.1) is 13.8 Å². The number of hydrogen-bond acceptors (Lipinski definition) is 4. The Balaban J connectivity index is 0.000000141. The first-order valence-corrected chi connectivity index (χ1v) is 8.31. The third-order valence-electron chi connectivity index (χ3n) is 3.69. The maximum absolute atomic E-state index is 5.49. The summed E-state index contributed by atoms with van der Waals surface area (Å²) in [6, 6.07) is 16.1. The quantitative estimate of drug-likeness (QED) is 0.761. The molecule has 2 aliphatic heterocycles. The molecule has 2 aromatic carbocycles. The highest BCUT2D eigenvalue weighted by Gasteiger charge is 2.23. The van der Waals surface area contributed by atoms with E-state index >= 15 is 0 Å². The zero-order valence-electron chi connectivity index (χ0n) is 14.2. The molecule has 4 rings (SSSR count). The molecule has 2 aromatic rings. The lowest BCUT2D eigenvalue weighted by Gasteiger charge is -2.03. The van der Waals surface area contributed by atoms with E-state index < -0.39 is 0 Å². The molecule has 24 heavy (non-hydrogen) atoms. The predicted molar refractivity (Wildman–Crippen MR) is 92.8 cm³/mol. The van der Waals surface area contributed by atoms with Gasteiger partial charge in [-0.3, -0.25) is 0 Å². The monoisotopic (exact) mass is 328 g/mol. The molecule has 0 N–H and O–H groups in total. The topological polar surface area (TPSA) is 43.5 Å². The van der Waals surface area contributed by atoms with Crippen LogP contribution in [-0.4, -0.2) is 38.6 Å². The Bertz CT molecular complexity index is 630. The summed E-state index contributed by atoms with van der Waals surface area (Å²) in [5, 5.41) is 0. The lowest BCUT2D eigenvalue weighted by atomic mass is 10.2. The van der Waals surface area contributed by atoms with Gasteiger partial charge in [-0.25, -0.2) is 0 Å². The Morgan fingerprint density at radius 2 is 1.38 bits per heavy atom. The van der Waals surface area contributed by atoms with Crippen LogP contribution in [0.15, 0.2) is 48.5 Å². The summed E-state index contributed by atoms with van der Waals surface area (Å²) in [5.74, 6) is 1.86. The summed E-state index contributed by atoms with van der Waals surface area (Å²) in [6.07, 6.45) is 0.678. The van der Waals surface area contributed by atoms with E-state index in [2.05, 4.69) is 19.9 Å². The van der Waals surface area contributed by atoms with Crippen molar-refractivity contribution in [2.75, 3.05) is 26.4 Å².